The van der Waals surface area contributed by atoms with E-state index in [9.17, 15) is 9.59 Å². The molecule has 1 aliphatic carbocycles. The van der Waals surface area contributed by atoms with E-state index in [1.807, 2.05) is 0 Å². The first-order chi connectivity index (χ1) is 7.59. The highest BCUT2D eigenvalue weighted by Gasteiger charge is 2.21. The second-order valence-corrected chi connectivity index (χ2v) is 4.87. The lowest BCUT2D eigenvalue weighted by Gasteiger charge is -2.12. The summed E-state index contributed by atoms with van der Waals surface area (Å²) < 4.78 is 5.35. The molecule has 0 aliphatic heterocycles. The summed E-state index contributed by atoms with van der Waals surface area (Å²) in [6.07, 6.45) is 2.49. The molecule has 0 aromatic heterocycles. The van der Waals surface area contributed by atoms with E-state index in [-0.39, 0.29) is 5.91 Å². The highest BCUT2D eigenvalue weighted by molar-refractivity contribution is 7.99. The number of hydrogen-bond acceptors (Lipinski definition) is 4. The van der Waals surface area contributed by atoms with E-state index in [0.717, 1.165) is 6.61 Å². The predicted octanol–water partition coefficient (Wildman–Crippen LogP) is 0.693. The number of nitrogens with one attached hydrogen (secondary N) is 1. The molecule has 0 heterocycles. The van der Waals surface area contributed by atoms with Gasteiger partial charge in [-0.2, -0.15) is 0 Å². The Morgan fingerprint density at radius 3 is 2.75 bits per heavy atom. The first-order valence-corrected chi connectivity index (χ1v) is 6.40. The van der Waals surface area contributed by atoms with Crippen molar-refractivity contribution in [3.8, 4) is 0 Å². The second kappa shape index (κ2) is 6.75. The summed E-state index contributed by atoms with van der Waals surface area (Å²) in [5.41, 5.74) is 0. The fourth-order valence-corrected chi connectivity index (χ4v) is 1.92. The molecule has 0 radical (unpaired) electrons. The summed E-state index contributed by atoms with van der Waals surface area (Å²) in [5, 5.41) is 11.2. The average molecular weight is 247 g/mol. The van der Waals surface area contributed by atoms with Gasteiger partial charge in [-0.25, -0.2) is 4.79 Å². The van der Waals surface area contributed by atoms with Gasteiger partial charge in [0.1, 0.15) is 6.04 Å². The van der Waals surface area contributed by atoms with Crippen LogP contribution < -0.4 is 5.32 Å². The summed E-state index contributed by atoms with van der Waals surface area (Å²) in [7, 11) is 0. The molecule has 0 bridgehead atoms. The zero-order valence-corrected chi connectivity index (χ0v) is 10.1. The Morgan fingerprint density at radius 1 is 1.56 bits per heavy atom. The molecule has 16 heavy (non-hydrogen) atoms. The fourth-order valence-electron chi connectivity index (χ4n) is 1.14. The first kappa shape index (κ1) is 13.3. The number of carboxylic acids is 1. The lowest BCUT2D eigenvalue weighted by atomic mass is 10.3. The predicted molar refractivity (Wildman–Crippen MR) is 61.2 cm³/mol. The SMILES string of the molecule is CC(=O)N[C@@H](CSCOCC1CC1)C(=O)O. The Kier molecular flexibility index (Phi) is 5.62. The highest BCUT2D eigenvalue weighted by Crippen LogP contribution is 2.29. The number of rotatable bonds is 8. The number of carbonyl (C=O) groups excluding carboxylic acids is 1. The van der Waals surface area contributed by atoms with E-state index >= 15 is 0 Å². The minimum Gasteiger partial charge on any atom is -0.480 e. The van der Waals surface area contributed by atoms with Crippen molar-refractivity contribution in [3.63, 3.8) is 0 Å². The van der Waals surface area contributed by atoms with Crippen molar-refractivity contribution >= 4 is 23.6 Å². The van der Waals surface area contributed by atoms with Gasteiger partial charge in [-0.3, -0.25) is 4.79 Å². The van der Waals surface area contributed by atoms with Crippen LogP contribution in [0.1, 0.15) is 19.8 Å². The van der Waals surface area contributed by atoms with Crippen molar-refractivity contribution < 1.29 is 19.4 Å². The third-order valence-corrected chi connectivity index (χ3v) is 3.08. The van der Waals surface area contributed by atoms with Gasteiger partial charge in [0.25, 0.3) is 0 Å². The molecule has 0 spiro atoms. The number of hydrogen-bond donors (Lipinski definition) is 2. The zero-order valence-electron chi connectivity index (χ0n) is 9.27. The monoisotopic (exact) mass is 247 g/mol. The third kappa shape index (κ3) is 5.97. The number of ether oxygens (including phenoxy) is 1. The molecule has 1 saturated carbocycles. The quantitative estimate of drug-likeness (QED) is 0.487. The van der Waals surface area contributed by atoms with Gasteiger partial charge in [0, 0.05) is 12.7 Å². The van der Waals surface area contributed by atoms with Gasteiger partial charge in [0.05, 0.1) is 12.5 Å². The molecule has 0 aromatic carbocycles. The number of amides is 1. The van der Waals surface area contributed by atoms with Gasteiger partial charge in [-0.05, 0) is 18.8 Å². The molecule has 2 N–H and O–H groups in total. The Bertz CT molecular complexity index is 255. The van der Waals surface area contributed by atoms with Crippen LogP contribution in [0.25, 0.3) is 0 Å². The Balaban J connectivity index is 2.05. The minimum absolute atomic E-state index is 0.327. The fraction of sp³-hybridized carbons (Fsp3) is 0.800. The molecule has 0 unspecified atom stereocenters. The van der Waals surface area contributed by atoms with Crippen molar-refractivity contribution in [3.05, 3.63) is 0 Å². The van der Waals surface area contributed by atoms with E-state index in [4.69, 9.17) is 9.84 Å². The molecule has 0 saturated heterocycles. The summed E-state index contributed by atoms with van der Waals surface area (Å²) >= 11 is 1.38. The van der Waals surface area contributed by atoms with Crippen LogP contribution in [0.3, 0.4) is 0 Å². The Morgan fingerprint density at radius 2 is 2.25 bits per heavy atom. The Labute approximate surface area is 98.9 Å². The van der Waals surface area contributed by atoms with Crippen LogP contribution in [0.2, 0.25) is 0 Å². The van der Waals surface area contributed by atoms with Crippen molar-refractivity contribution in [2.45, 2.75) is 25.8 Å². The molecule has 1 rings (SSSR count). The zero-order chi connectivity index (χ0) is 12.0. The van der Waals surface area contributed by atoms with Crippen LogP contribution in [0, 0.1) is 5.92 Å². The van der Waals surface area contributed by atoms with E-state index in [0.29, 0.717) is 17.6 Å². The van der Waals surface area contributed by atoms with Crippen LogP contribution in [-0.4, -0.2) is 41.3 Å². The van der Waals surface area contributed by atoms with Crippen LogP contribution in [0.15, 0.2) is 0 Å². The van der Waals surface area contributed by atoms with Crippen molar-refractivity contribution in [1.29, 1.82) is 0 Å². The van der Waals surface area contributed by atoms with Gasteiger partial charge < -0.3 is 15.2 Å². The maximum Gasteiger partial charge on any atom is 0.327 e. The van der Waals surface area contributed by atoms with E-state index < -0.39 is 12.0 Å². The highest BCUT2D eigenvalue weighted by atomic mass is 32.2. The second-order valence-electron chi connectivity index (χ2n) is 3.89. The molecule has 6 heteroatoms. The summed E-state index contributed by atoms with van der Waals surface area (Å²) in [6, 6.07) is -0.827. The molecule has 1 aliphatic rings. The Hall–Kier alpha value is -0.750. The summed E-state index contributed by atoms with van der Waals surface area (Å²) in [6.45, 7) is 2.08. The van der Waals surface area contributed by atoms with Crippen LogP contribution in [0.5, 0.6) is 0 Å². The number of carbonyl (C=O) groups is 2. The molecule has 1 amide bonds. The molecule has 5 nitrogen and oxygen atoms in total. The number of carboxylic acid groups (broad SMARTS) is 1. The van der Waals surface area contributed by atoms with Crippen molar-refractivity contribution in [2.24, 2.45) is 5.92 Å². The van der Waals surface area contributed by atoms with Gasteiger partial charge in [-0.1, -0.05) is 0 Å². The normalized spacial score (nSPS) is 16.8. The van der Waals surface area contributed by atoms with Crippen molar-refractivity contribution in [1.82, 2.24) is 5.32 Å². The summed E-state index contributed by atoms with van der Waals surface area (Å²) in [4.78, 5) is 21.5. The van der Waals surface area contributed by atoms with E-state index in [1.165, 1.54) is 31.5 Å². The van der Waals surface area contributed by atoms with Gasteiger partial charge in [-0.15, -0.1) is 11.8 Å². The lowest BCUT2D eigenvalue weighted by Crippen LogP contribution is -2.41. The number of aliphatic carboxylic acids is 1. The third-order valence-electron chi connectivity index (χ3n) is 2.18. The maximum atomic E-state index is 10.7. The van der Waals surface area contributed by atoms with E-state index in [2.05, 4.69) is 5.32 Å². The van der Waals surface area contributed by atoms with Gasteiger partial charge >= 0.3 is 5.97 Å². The smallest absolute Gasteiger partial charge is 0.327 e. The number of thioether (sulfide) groups is 1. The standard InChI is InChI=1S/C10H17NO4S/c1-7(12)11-9(10(13)14)5-16-6-15-4-8-2-3-8/h8-9H,2-6H2,1H3,(H,11,12)(H,13,14)/t9-/m0/s1. The van der Waals surface area contributed by atoms with Crippen LogP contribution in [0.4, 0.5) is 0 Å². The van der Waals surface area contributed by atoms with E-state index in [1.54, 1.807) is 0 Å². The molecule has 1 fully saturated rings. The maximum absolute atomic E-state index is 10.7. The lowest BCUT2D eigenvalue weighted by molar-refractivity contribution is -0.140. The molecule has 1 atom stereocenters. The van der Waals surface area contributed by atoms with Crippen LogP contribution >= 0.6 is 11.8 Å². The molecule has 0 aromatic rings. The van der Waals surface area contributed by atoms with Crippen molar-refractivity contribution in [2.75, 3.05) is 18.3 Å². The molecular weight excluding hydrogens is 230 g/mol. The minimum atomic E-state index is -1.01. The van der Waals surface area contributed by atoms with Gasteiger partial charge in [0.15, 0.2) is 0 Å². The topological polar surface area (TPSA) is 75.6 Å². The molecule has 92 valence electrons. The average Bonchev–Trinajstić information content (AvgIpc) is 2.98. The van der Waals surface area contributed by atoms with Gasteiger partial charge in [0.2, 0.25) is 5.91 Å². The van der Waals surface area contributed by atoms with Crippen LogP contribution in [-0.2, 0) is 14.3 Å². The molecular formula is C10H17NO4S. The largest absolute Gasteiger partial charge is 0.480 e. The summed E-state index contributed by atoms with van der Waals surface area (Å²) in [5.74, 6) is 0.197. The first-order valence-electron chi connectivity index (χ1n) is 5.25.